The molecule has 0 fully saturated rings. The fraction of sp³-hybridized carbons (Fsp3) is 0. The normalized spacial score (nSPS) is 9.28. The Hall–Kier alpha value is -2.74. The van der Waals surface area contributed by atoms with Crippen LogP contribution in [0.2, 0.25) is 0 Å². The summed E-state index contributed by atoms with van der Waals surface area (Å²) >= 11 is 0. The van der Waals surface area contributed by atoms with E-state index in [2.05, 4.69) is 59.4 Å². The zero-order chi connectivity index (χ0) is 16.5. The molecule has 4 aromatic carbocycles. The number of rotatable bonds is 4. The van der Waals surface area contributed by atoms with Gasteiger partial charge in [-0.2, -0.15) is 30.3 Å². The maximum Gasteiger partial charge on any atom is 2.00 e. The van der Waals surface area contributed by atoms with Gasteiger partial charge in [0.1, 0.15) is 0 Å². The van der Waals surface area contributed by atoms with Gasteiger partial charge in [-0.15, -0.1) is 29.8 Å². The minimum absolute atomic E-state index is 0. The van der Waals surface area contributed by atoms with Gasteiger partial charge in [-0.3, -0.25) is 0 Å². The van der Waals surface area contributed by atoms with E-state index in [0.717, 1.165) is 11.4 Å². The number of hydrazine groups is 1. The van der Waals surface area contributed by atoms with Gasteiger partial charge in [0.05, 0.1) is 5.69 Å². The largest absolute Gasteiger partial charge is 2.00 e. The van der Waals surface area contributed by atoms with E-state index in [1.54, 1.807) is 0 Å². The van der Waals surface area contributed by atoms with Crippen molar-refractivity contribution in [2.24, 2.45) is 0 Å². The number of para-hydroxylation sites is 1. The fourth-order valence-electron chi connectivity index (χ4n) is 2.30. The average Bonchev–Trinajstić information content (AvgIpc) is 3.37. The Balaban J connectivity index is 0.000000325. The summed E-state index contributed by atoms with van der Waals surface area (Å²) in [5.41, 5.74) is 10.9. The van der Waals surface area contributed by atoms with Crippen molar-refractivity contribution in [2.75, 3.05) is 10.9 Å². The summed E-state index contributed by atoms with van der Waals surface area (Å²) < 4.78 is 0. The van der Waals surface area contributed by atoms with Crippen molar-refractivity contribution in [1.82, 2.24) is 0 Å². The van der Waals surface area contributed by atoms with Crippen molar-refractivity contribution in [3.8, 4) is 11.1 Å². The Bertz CT molecular complexity index is 772. The van der Waals surface area contributed by atoms with E-state index in [1.165, 1.54) is 11.1 Å². The molecule has 0 aromatic heterocycles. The molecule has 2 nitrogen and oxygen atoms in total. The molecule has 126 valence electrons. The number of nitrogens with one attached hydrogen (secondary N) is 2. The van der Waals surface area contributed by atoms with E-state index < -0.39 is 0 Å². The van der Waals surface area contributed by atoms with Crippen molar-refractivity contribution >= 4 is 11.4 Å². The predicted molar refractivity (Wildman–Crippen MR) is 103 cm³/mol. The van der Waals surface area contributed by atoms with Crippen LogP contribution in [0.25, 0.3) is 11.1 Å². The van der Waals surface area contributed by atoms with Crippen LogP contribution in [-0.2, 0) is 17.1 Å². The van der Waals surface area contributed by atoms with Crippen LogP contribution in [0.3, 0.4) is 0 Å². The molecule has 0 radical (unpaired) electrons. The molecule has 0 atom stereocenters. The summed E-state index contributed by atoms with van der Waals surface area (Å²) in [6.07, 6.45) is 0. The summed E-state index contributed by atoms with van der Waals surface area (Å²) in [5, 5.41) is 0. The quantitative estimate of drug-likeness (QED) is 0.266. The predicted octanol–water partition coefficient (Wildman–Crippen LogP) is 5.91. The molecule has 25 heavy (non-hydrogen) atoms. The second-order valence-corrected chi connectivity index (χ2v) is 5.33. The summed E-state index contributed by atoms with van der Waals surface area (Å²) in [6.45, 7) is 0. The van der Waals surface area contributed by atoms with Crippen LogP contribution in [0.4, 0.5) is 11.4 Å². The van der Waals surface area contributed by atoms with Gasteiger partial charge < -0.3 is 10.9 Å². The van der Waals surface area contributed by atoms with Crippen molar-refractivity contribution in [2.45, 2.75) is 0 Å². The van der Waals surface area contributed by atoms with E-state index in [9.17, 15) is 0 Å². The molecule has 0 aliphatic heterocycles. The minimum Gasteiger partial charge on any atom is -0.302 e. The molecule has 0 amide bonds. The maximum absolute atomic E-state index is 3.18. The third-order valence-corrected chi connectivity index (χ3v) is 3.56. The van der Waals surface area contributed by atoms with Gasteiger partial charge in [0, 0.05) is 5.69 Å². The van der Waals surface area contributed by atoms with Crippen LogP contribution in [0.15, 0.2) is 109 Å². The van der Waals surface area contributed by atoms with Crippen molar-refractivity contribution in [3.63, 3.8) is 0 Å². The minimum atomic E-state index is 0. The molecule has 4 aromatic rings. The molecule has 0 aliphatic carbocycles. The van der Waals surface area contributed by atoms with Gasteiger partial charge in [-0.25, -0.2) is 12.1 Å². The summed E-state index contributed by atoms with van der Waals surface area (Å²) in [5.74, 6) is 0. The van der Waals surface area contributed by atoms with E-state index >= 15 is 0 Å². The van der Waals surface area contributed by atoms with Crippen LogP contribution in [0.1, 0.15) is 0 Å². The van der Waals surface area contributed by atoms with Gasteiger partial charge in [-0.1, -0.05) is 35.9 Å². The second-order valence-electron chi connectivity index (χ2n) is 5.33. The standard InChI is InChI=1S/C17H15N2.C5H5.Fe/c1-2-8-16(9-3-1)18-19-17-12-10-15(11-13-17)14-6-4-5-7-14;1-2-4-5-3-1;/h1-13,18-19H;1-5H;/q2*-1;+2. The first-order chi connectivity index (χ1) is 11.9. The Morgan fingerprint density at radius 2 is 1.16 bits per heavy atom. The van der Waals surface area contributed by atoms with Crippen molar-refractivity contribution in [3.05, 3.63) is 109 Å². The molecule has 0 bridgehead atoms. The number of benzene rings is 2. The summed E-state index contributed by atoms with van der Waals surface area (Å²) in [4.78, 5) is 0. The van der Waals surface area contributed by atoms with E-state index in [1.807, 2.05) is 60.7 Å². The van der Waals surface area contributed by atoms with E-state index in [4.69, 9.17) is 0 Å². The molecule has 3 heteroatoms. The zero-order valence-corrected chi connectivity index (χ0v) is 14.9. The van der Waals surface area contributed by atoms with Gasteiger partial charge >= 0.3 is 17.1 Å². The van der Waals surface area contributed by atoms with Crippen LogP contribution >= 0.6 is 0 Å². The summed E-state index contributed by atoms with van der Waals surface area (Å²) in [6, 6.07) is 36.7. The van der Waals surface area contributed by atoms with Gasteiger partial charge in [0.25, 0.3) is 0 Å². The third kappa shape index (κ3) is 6.00. The van der Waals surface area contributed by atoms with Crippen molar-refractivity contribution < 1.29 is 17.1 Å². The number of hydrogen-bond donors (Lipinski definition) is 2. The van der Waals surface area contributed by atoms with E-state index in [0.29, 0.717) is 0 Å². The van der Waals surface area contributed by atoms with Crippen LogP contribution < -0.4 is 10.9 Å². The van der Waals surface area contributed by atoms with E-state index in [-0.39, 0.29) is 17.1 Å². The monoisotopic (exact) mass is 368 g/mol. The van der Waals surface area contributed by atoms with Crippen LogP contribution in [0.5, 0.6) is 0 Å². The Labute approximate surface area is 159 Å². The first-order valence-corrected chi connectivity index (χ1v) is 7.98. The Morgan fingerprint density at radius 3 is 1.68 bits per heavy atom. The first-order valence-electron chi connectivity index (χ1n) is 7.98. The molecule has 0 aliphatic rings. The number of anilines is 2. The molecule has 0 heterocycles. The fourth-order valence-corrected chi connectivity index (χ4v) is 2.30. The zero-order valence-electron chi connectivity index (χ0n) is 13.7. The third-order valence-electron chi connectivity index (χ3n) is 3.56. The molecule has 4 rings (SSSR count). The molecule has 0 saturated carbocycles. The SMILES string of the molecule is [Fe+2].c1cc[cH-]c1.c1ccc(NNc2ccc(-[c-]3cccc3)cc2)cc1. The molecule has 2 N–H and O–H groups in total. The van der Waals surface area contributed by atoms with Crippen molar-refractivity contribution in [1.29, 1.82) is 0 Å². The average molecular weight is 368 g/mol. The van der Waals surface area contributed by atoms with Gasteiger partial charge in [-0.05, 0) is 12.1 Å². The number of hydrogen-bond acceptors (Lipinski definition) is 2. The molecular formula is C22H20FeN2. The second kappa shape index (κ2) is 10.2. The molecule has 0 unspecified atom stereocenters. The molecular weight excluding hydrogens is 348 g/mol. The molecule has 0 saturated heterocycles. The summed E-state index contributed by atoms with van der Waals surface area (Å²) in [7, 11) is 0. The van der Waals surface area contributed by atoms with Gasteiger partial charge in [0.2, 0.25) is 0 Å². The van der Waals surface area contributed by atoms with Crippen LogP contribution in [-0.4, -0.2) is 0 Å². The molecule has 0 spiro atoms. The Morgan fingerprint density at radius 1 is 0.600 bits per heavy atom. The topological polar surface area (TPSA) is 24.1 Å². The van der Waals surface area contributed by atoms with Gasteiger partial charge in [0.15, 0.2) is 0 Å². The first kappa shape index (κ1) is 18.6. The van der Waals surface area contributed by atoms with Crippen LogP contribution in [0, 0.1) is 0 Å². The maximum atomic E-state index is 3.18. The smallest absolute Gasteiger partial charge is 0.302 e. The Kier molecular flexibility index (Phi) is 7.58.